The highest BCUT2D eigenvalue weighted by molar-refractivity contribution is 6.42. The van der Waals surface area contributed by atoms with Crippen molar-refractivity contribution in [3.05, 3.63) is 51.9 Å². The van der Waals surface area contributed by atoms with Gasteiger partial charge in [-0.15, -0.1) is 0 Å². The monoisotopic (exact) mass is 313 g/mol. The minimum atomic E-state index is 0.406. The fourth-order valence-corrected chi connectivity index (χ4v) is 1.96. The summed E-state index contributed by atoms with van der Waals surface area (Å²) in [7, 11) is 0. The first kappa shape index (κ1) is 15.2. The van der Waals surface area contributed by atoms with E-state index in [1.54, 1.807) is 24.5 Å². The third-order valence-electron chi connectivity index (χ3n) is 2.79. The maximum atomic E-state index is 5.95. The summed E-state index contributed by atoms with van der Waals surface area (Å²) in [6, 6.07) is 7.53. The van der Waals surface area contributed by atoms with Gasteiger partial charge in [0.15, 0.2) is 0 Å². The van der Waals surface area contributed by atoms with Crippen LogP contribution in [-0.4, -0.2) is 6.04 Å². The van der Waals surface area contributed by atoms with E-state index in [1.165, 1.54) is 0 Å². The van der Waals surface area contributed by atoms with Gasteiger partial charge in [0.1, 0.15) is 18.1 Å². The molecule has 1 heterocycles. The first-order valence-corrected chi connectivity index (χ1v) is 7.18. The molecule has 0 spiro atoms. The molecule has 1 aromatic carbocycles. The van der Waals surface area contributed by atoms with Crippen molar-refractivity contribution in [2.45, 2.75) is 33.0 Å². The second-order valence-corrected chi connectivity index (χ2v) is 5.58. The molecule has 0 saturated heterocycles. The van der Waals surface area contributed by atoms with Gasteiger partial charge in [0.05, 0.1) is 22.9 Å². The number of rotatable bonds is 6. The SMILES string of the molecule is CC(C)NCc1occc1COc1ccc(Cl)c(Cl)c1. The maximum Gasteiger partial charge on any atom is 0.124 e. The lowest BCUT2D eigenvalue weighted by Gasteiger charge is -2.09. The second-order valence-electron chi connectivity index (χ2n) is 4.77. The molecule has 0 aliphatic rings. The molecule has 1 aromatic heterocycles. The predicted octanol–water partition coefficient (Wildman–Crippen LogP) is 4.66. The zero-order chi connectivity index (χ0) is 14.5. The van der Waals surface area contributed by atoms with E-state index in [0.29, 0.717) is 35.0 Å². The Kier molecular flexibility index (Phi) is 5.35. The highest BCUT2D eigenvalue weighted by Crippen LogP contribution is 2.27. The quantitative estimate of drug-likeness (QED) is 0.842. The molecule has 0 radical (unpaired) electrons. The van der Waals surface area contributed by atoms with Crippen LogP contribution in [0.4, 0.5) is 0 Å². The van der Waals surface area contributed by atoms with Crippen LogP contribution < -0.4 is 10.1 Å². The Hall–Kier alpha value is -1.16. The lowest BCUT2D eigenvalue weighted by Crippen LogP contribution is -2.22. The summed E-state index contributed by atoms with van der Waals surface area (Å²) >= 11 is 11.8. The second kappa shape index (κ2) is 7.02. The third kappa shape index (κ3) is 4.17. The Morgan fingerprint density at radius 3 is 2.70 bits per heavy atom. The van der Waals surface area contributed by atoms with Gasteiger partial charge in [-0.25, -0.2) is 0 Å². The highest BCUT2D eigenvalue weighted by Gasteiger charge is 2.08. The van der Waals surface area contributed by atoms with Gasteiger partial charge < -0.3 is 14.5 Å². The Balaban J connectivity index is 1.96. The molecule has 108 valence electrons. The molecule has 2 aromatic rings. The molecule has 5 heteroatoms. The van der Waals surface area contributed by atoms with Crippen molar-refractivity contribution >= 4 is 23.2 Å². The normalized spacial score (nSPS) is 11.1. The van der Waals surface area contributed by atoms with Gasteiger partial charge in [0, 0.05) is 17.7 Å². The van der Waals surface area contributed by atoms with Crippen LogP contribution in [0, 0.1) is 0 Å². The average Bonchev–Trinajstić information content (AvgIpc) is 2.85. The van der Waals surface area contributed by atoms with E-state index in [9.17, 15) is 0 Å². The van der Waals surface area contributed by atoms with Crippen molar-refractivity contribution in [2.24, 2.45) is 0 Å². The zero-order valence-corrected chi connectivity index (χ0v) is 13.0. The minimum absolute atomic E-state index is 0.406. The summed E-state index contributed by atoms with van der Waals surface area (Å²) in [5.41, 5.74) is 1.02. The van der Waals surface area contributed by atoms with Crippen molar-refractivity contribution in [3.8, 4) is 5.75 Å². The number of ether oxygens (including phenoxy) is 1. The van der Waals surface area contributed by atoms with Crippen molar-refractivity contribution in [1.29, 1.82) is 0 Å². The molecule has 0 amide bonds. The molecule has 0 bridgehead atoms. The van der Waals surface area contributed by atoms with Gasteiger partial charge in [0.2, 0.25) is 0 Å². The smallest absolute Gasteiger partial charge is 0.124 e. The topological polar surface area (TPSA) is 34.4 Å². The van der Waals surface area contributed by atoms with Gasteiger partial charge in [0.25, 0.3) is 0 Å². The molecule has 3 nitrogen and oxygen atoms in total. The number of furan rings is 1. The van der Waals surface area contributed by atoms with Gasteiger partial charge in [-0.1, -0.05) is 37.0 Å². The number of nitrogens with one attached hydrogen (secondary N) is 1. The Bertz CT molecular complexity index is 567. The molecule has 0 aliphatic carbocycles. The van der Waals surface area contributed by atoms with Crippen LogP contribution >= 0.6 is 23.2 Å². The van der Waals surface area contributed by atoms with Gasteiger partial charge >= 0.3 is 0 Å². The lowest BCUT2D eigenvalue weighted by molar-refractivity contribution is 0.301. The summed E-state index contributed by atoms with van der Waals surface area (Å²) in [5, 5.41) is 4.32. The van der Waals surface area contributed by atoms with Crippen molar-refractivity contribution < 1.29 is 9.15 Å². The molecular formula is C15H17Cl2NO2. The summed E-state index contributed by atoms with van der Waals surface area (Å²) < 4.78 is 11.2. The molecule has 20 heavy (non-hydrogen) atoms. The van der Waals surface area contributed by atoms with Crippen LogP contribution in [0.1, 0.15) is 25.2 Å². The largest absolute Gasteiger partial charge is 0.489 e. The predicted molar refractivity (Wildman–Crippen MR) is 81.5 cm³/mol. The number of benzene rings is 1. The lowest BCUT2D eigenvalue weighted by atomic mass is 10.2. The van der Waals surface area contributed by atoms with E-state index >= 15 is 0 Å². The van der Waals surface area contributed by atoms with Crippen LogP contribution in [0.15, 0.2) is 34.9 Å². The van der Waals surface area contributed by atoms with Gasteiger partial charge in [-0.3, -0.25) is 0 Å². The molecule has 0 fully saturated rings. The third-order valence-corrected chi connectivity index (χ3v) is 3.53. The van der Waals surface area contributed by atoms with E-state index in [2.05, 4.69) is 19.2 Å². The van der Waals surface area contributed by atoms with E-state index in [4.69, 9.17) is 32.4 Å². The molecule has 0 aliphatic heterocycles. The standard InChI is InChI=1S/C15H17Cl2NO2/c1-10(2)18-8-15-11(5-6-19-15)9-20-12-3-4-13(16)14(17)7-12/h3-7,10,18H,8-9H2,1-2H3. The number of halogens is 2. The summed E-state index contributed by atoms with van der Waals surface area (Å²) in [5.74, 6) is 1.57. The number of hydrogen-bond donors (Lipinski definition) is 1. The van der Waals surface area contributed by atoms with Crippen molar-refractivity contribution in [3.63, 3.8) is 0 Å². The molecule has 0 unspecified atom stereocenters. The molecule has 0 saturated carbocycles. The summed E-state index contributed by atoms with van der Waals surface area (Å²) in [6.45, 7) is 5.30. The molecule has 0 atom stereocenters. The summed E-state index contributed by atoms with van der Waals surface area (Å²) in [4.78, 5) is 0. The Morgan fingerprint density at radius 1 is 1.20 bits per heavy atom. The molecule has 1 N–H and O–H groups in total. The zero-order valence-electron chi connectivity index (χ0n) is 11.5. The van der Waals surface area contributed by atoms with E-state index in [1.807, 2.05) is 6.07 Å². The van der Waals surface area contributed by atoms with E-state index in [0.717, 1.165) is 11.3 Å². The highest BCUT2D eigenvalue weighted by atomic mass is 35.5. The van der Waals surface area contributed by atoms with Crippen LogP contribution in [-0.2, 0) is 13.2 Å². The van der Waals surface area contributed by atoms with Gasteiger partial charge in [-0.05, 0) is 18.2 Å². The van der Waals surface area contributed by atoms with Crippen LogP contribution in [0.5, 0.6) is 5.75 Å². The molecule has 2 rings (SSSR count). The van der Waals surface area contributed by atoms with Crippen LogP contribution in [0.25, 0.3) is 0 Å². The van der Waals surface area contributed by atoms with E-state index in [-0.39, 0.29) is 0 Å². The minimum Gasteiger partial charge on any atom is -0.489 e. The van der Waals surface area contributed by atoms with Crippen molar-refractivity contribution in [2.75, 3.05) is 0 Å². The van der Waals surface area contributed by atoms with Gasteiger partial charge in [-0.2, -0.15) is 0 Å². The van der Waals surface area contributed by atoms with Crippen LogP contribution in [0.3, 0.4) is 0 Å². The van der Waals surface area contributed by atoms with Crippen LogP contribution in [0.2, 0.25) is 10.0 Å². The Labute approximate surface area is 128 Å². The first-order valence-electron chi connectivity index (χ1n) is 6.42. The average molecular weight is 314 g/mol. The van der Waals surface area contributed by atoms with E-state index < -0.39 is 0 Å². The first-order chi connectivity index (χ1) is 9.56. The summed E-state index contributed by atoms with van der Waals surface area (Å²) in [6.07, 6.45) is 1.67. The fourth-order valence-electron chi connectivity index (χ4n) is 1.68. The fraction of sp³-hybridized carbons (Fsp3) is 0.333. The Morgan fingerprint density at radius 2 is 2.00 bits per heavy atom. The molecular weight excluding hydrogens is 297 g/mol. The van der Waals surface area contributed by atoms with Crippen molar-refractivity contribution in [1.82, 2.24) is 5.32 Å². The number of hydrogen-bond acceptors (Lipinski definition) is 3. The maximum absolute atomic E-state index is 5.95.